The second-order valence-corrected chi connectivity index (χ2v) is 4.51. The number of hydrogen-bond acceptors (Lipinski definition) is 6. The van der Waals surface area contributed by atoms with Crippen LogP contribution in [-0.4, -0.2) is 58.6 Å². The van der Waals surface area contributed by atoms with Crippen molar-refractivity contribution in [3.8, 4) is 0 Å². The number of likely N-dealkylation sites (tertiary alicyclic amines) is 1. The van der Waals surface area contributed by atoms with Crippen LogP contribution in [0.1, 0.15) is 16.2 Å². The highest BCUT2D eigenvalue weighted by Gasteiger charge is 2.44. The fourth-order valence-electron chi connectivity index (χ4n) is 2.13. The molecule has 3 rings (SSSR count). The molecule has 0 atom stereocenters. The Morgan fingerprint density at radius 3 is 2.68 bits per heavy atom. The Bertz CT molecular complexity index is 544. The lowest BCUT2D eigenvalue weighted by Crippen LogP contribution is -2.62. The zero-order valence-corrected chi connectivity index (χ0v) is 10.2. The van der Waals surface area contributed by atoms with Gasteiger partial charge in [0, 0.05) is 19.2 Å². The maximum Gasteiger partial charge on any atom is 0.417 e. The Morgan fingerprint density at radius 2 is 2.16 bits per heavy atom. The van der Waals surface area contributed by atoms with E-state index >= 15 is 0 Å². The van der Waals surface area contributed by atoms with Crippen molar-refractivity contribution in [2.24, 2.45) is 0 Å². The molecule has 8 nitrogen and oxygen atoms in total. The Balaban J connectivity index is 1.62. The van der Waals surface area contributed by atoms with E-state index in [0.29, 0.717) is 18.8 Å². The van der Waals surface area contributed by atoms with E-state index in [-0.39, 0.29) is 30.2 Å². The fourth-order valence-corrected chi connectivity index (χ4v) is 2.13. The molecule has 2 aliphatic rings. The first-order valence-corrected chi connectivity index (χ1v) is 5.77. The van der Waals surface area contributed by atoms with Crippen LogP contribution < -0.4 is 0 Å². The molecule has 1 aromatic rings. The minimum absolute atomic E-state index is 0.217. The zero-order chi connectivity index (χ0) is 13.6. The molecule has 0 N–H and O–H groups in total. The molecule has 2 aliphatic heterocycles. The Hall–Kier alpha value is -2.38. The van der Waals surface area contributed by atoms with Crippen LogP contribution in [0.2, 0.25) is 0 Å². The van der Waals surface area contributed by atoms with E-state index in [1.165, 1.54) is 4.90 Å². The highest BCUT2D eigenvalue weighted by molar-refractivity contribution is 5.99. The second kappa shape index (κ2) is 4.08. The number of aromatic nitrogens is 1. The summed E-state index contributed by atoms with van der Waals surface area (Å²) < 4.78 is 9.45. The molecular weight excluding hydrogens is 254 g/mol. The molecule has 8 heteroatoms. The van der Waals surface area contributed by atoms with Crippen molar-refractivity contribution in [1.82, 2.24) is 15.0 Å². The number of hydrogen-bond donors (Lipinski definition) is 0. The van der Waals surface area contributed by atoms with Gasteiger partial charge < -0.3 is 14.2 Å². The molecule has 0 spiro atoms. The summed E-state index contributed by atoms with van der Waals surface area (Å²) in [5.74, 6) is -0.0776. The number of ether oxygens (including phenoxy) is 1. The van der Waals surface area contributed by atoms with Gasteiger partial charge in [-0.1, -0.05) is 5.16 Å². The Labute approximate surface area is 107 Å². The molecular formula is C11H11N3O5. The largest absolute Gasteiger partial charge is 0.439 e. The van der Waals surface area contributed by atoms with Gasteiger partial charge in [-0.15, -0.1) is 0 Å². The van der Waals surface area contributed by atoms with Gasteiger partial charge in [0.2, 0.25) is 0 Å². The molecule has 0 unspecified atom stereocenters. The SMILES string of the molecule is Cc1cc(C(=O)N2CC(N3C(=O)COC3=O)C2)no1. The third-order valence-corrected chi connectivity index (χ3v) is 3.15. The number of imide groups is 1. The first kappa shape index (κ1) is 11.7. The topological polar surface area (TPSA) is 93.0 Å². The van der Waals surface area contributed by atoms with Crippen LogP contribution in [0.3, 0.4) is 0 Å². The fraction of sp³-hybridized carbons (Fsp3) is 0.455. The highest BCUT2D eigenvalue weighted by Crippen LogP contribution is 2.21. The molecule has 2 fully saturated rings. The normalized spacial score (nSPS) is 19.6. The van der Waals surface area contributed by atoms with Gasteiger partial charge in [-0.3, -0.25) is 9.59 Å². The average molecular weight is 265 g/mol. The van der Waals surface area contributed by atoms with E-state index in [1.54, 1.807) is 13.0 Å². The van der Waals surface area contributed by atoms with Crippen LogP contribution in [0.25, 0.3) is 0 Å². The van der Waals surface area contributed by atoms with E-state index in [4.69, 9.17) is 4.52 Å². The standard InChI is InChI=1S/C11H11N3O5/c1-6-2-8(12-19-6)10(16)13-3-7(4-13)14-9(15)5-18-11(14)17/h2,7H,3-5H2,1H3. The minimum Gasteiger partial charge on any atom is -0.439 e. The van der Waals surface area contributed by atoms with Crippen LogP contribution >= 0.6 is 0 Å². The molecule has 3 amide bonds. The third kappa shape index (κ3) is 1.85. The van der Waals surface area contributed by atoms with Crippen molar-refractivity contribution in [2.45, 2.75) is 13.0 Å². The second-order valence-electron chi connectivity index (χ2n) is 4.51. The summed E-state index contributed by atoms with van der Waals surface area (Å²) in [6.07, 6.45) is -0.639. The van der Waals surface area contributed by atoms with E-state index in [0.717, 1.165) is 4.90 Å². The molecule has 3 heterocycles. The van der Waals surface area contributed by atoms with Gasteiger partial charge in [0.25, 0.3) is 11.8 Å². The molecule has 100 valence electrons. The maximum absolute atomic E-state index is 11.9. The number of carbonyl (C=O) groups is 3. The predicted octanol–water partition coefficient (Wildman–Crippen LogP) is -0.214. The summed E-state index contributed by atoms with van der Waals surface area (Å²) in [5, 5.41) is 3.63. The van der Waals surface area contributed by atoms with Crippen LogP contribution in [0, 0.1) is 6.92 Å². The lowest BCUT2D eigenvalue weighted by atomic mass is 10.1. The number of rotatable bonds is 2. The summed E-state index contributed by atoms with van der Waals surface area (Å²) in [4.78, 5) is 37.3. The smallest absolute Gasteiger partial charge is 0.417 e. The Morgan fingerprint density at radius 1 is 1.42 bits per heavy atom. The van der Waals surface area contributed by atoms with Gasteiger partial charge in [-0.05, 0) is 6.92 Å². The molecule has 0 radical (unpaired) electrons. The highest BCUT2D eigenvalue weighted by atomic mass is 16.6. The van der Waals surface area contributed by atoms with Gasteiger partial charge in [-0.25, -0.2) is 9.69 Å². The van der Waals surface area contributed by atoms with Crippen LogP contribution in [0.5, 0.6) is 0 Å². The molecule has 0 saturated carbocycles. The lowest BCUT2D eigenvalue weighted by Gasteiger charge is -2.41. The van der Waals surface area contributed by atoms with Crippen LogP contribution in [0.4, 0.5) is 4.79 Å². The van der Waals surface area contributed by atoms with E-state index < -0.39 is 6.09 Å². The van der Waals surface area contributed by atoms with Gasteiger partial charge in [0.05, 0.1) is 6.04 Å². The van der Waals surface area contributed by atoms with Crippen molar-refractivity contribution >= 4 is 17.9 Å². The molecule has 2 saturated heterocycles. The van der Waals surface area contributed by atoms with Gasteiger partial charge in [-0.2, -0.15) is 0 Å². The van der Waals surface area contributed by atoms with Crippen molar-refractivity contribution < 1.29 is 23.6 Å². The summed E-state index contributed by atoms with van der Waals surface area (Å²) in [6.45, 7) is 2.07. The van der Waals surface area contributed by atoms with E-state index in [9.17, 15) is 14.4 Å². The van der Waals surface area contributed by atoms with Gasteiger partial charge >= 0.3 is 6.09 Å². The first-order chi connectivity index (χ1) is 9.06. The summed E-state index contributed by atoms with van der Waals surface area (Å²) in [5.41, 5.74) is 0.228. The maximum atomic E-state index is 11.9. The monoisotopic (exact) mass is 265 g/mol. The molecule has 0 bridgehead atoms. The quantitative estimate of drug-likeness (QED) is 0.734. The predicted molar refractivity (Wildman–Crippen MR) is 59.1 cm³/mol. The summed E-state index contributed by atoms with van der Waals surface area (Å²) in [7, 11) is 0. The van der Waals surface area contributed by atoms with Crippen molar-refractivity contribution in [3.63, 3.8) is 0 Å². The van der Waals surface area contributed by atoms with Crippen molar-refractivity contribution in [2.75, 3.05) is 19.7 Å². The number of amides is 3. The molecule has 0 aliphatic carbocycles. The third-order valence-electron chi connectivity index (χ3n) is 3.15. The van der Waals surface area contributed by atoms with Gasteiger partial charge in [0.1, 0.15) is 5.76 Å². The number of carbonyl (C=O) groups excluding carboxylic acids is 3. The van der Waals surface area contributed by atoms with Gasteiger partial charge in [0.15, 0.2) is 12.3 Å². The van der Waals surface area contributed by atoms with E-state index in [2.05, 4.69) is 9.89 Å². The molecule has 19 heavy (non-hydrogen) atoms. The Kier molecular flexibility index (Phi) is 2.51. The molecule has 1 aromatic heterocycles. The van der Waals surface area contributed by atoms with Crippen LogP contribution in [-0.2, 0) is 9.53 Å². The minimum atomic E-state index is -0.639. The lowest BCUT2D eigenvalue weighted by molar-refractivity contribution is -0.129. The first-order valence-electron chi connectivity index (χ1n) is 5.77. The zero-order valence-electron chi connectivity index (χ0n) is 10.2. The summed E-state index contributed by atoms with van der Waals surface area (Å²) >= 11 is 0. The molecule has 0 aromatic carbocycles. The average Bonchev–Trinajstić information content (AvgIpc) is 2.87. The number of cyclic esters (lactones) is 1. The number of nitrogens with zero attached hydrogens (tertiary/aromatic N) is 3. The van der Waals surface area contributed by atoms with Crippen molar-refractivity contribution in [1.29, 1.82) is 0 Å². The summed E-state index contributed by atoms with van der Waals surface area (Å²) in [6, 6.07) is 1.24. The van der Waals surface area contributed by atoms with E-state index in [1.807, 2.05) is 0 Å². The van der Waals surface area contributed by atoms with Crippen LogP contribution in [0.15, 0.2) is 10.6 Å². The van der Waals surface area contributed by atoms with Crippen molar-refractivity contribution in [3.05, 3.63) is 17.5 Å². The number of aryl methyl sites for hydroxylation is 1.